The Morgan fingerprint density at radius 1 is 1.20 bits per heavy atom. The lowest BCUT2D eigenvalue weighted by Crippen LogP contribution is -2.24. The molecule has 0 fully saturated rings. The first-order valence-corrected chi connectivity index (χ1v) is 10.0. The van der Waals surface area contributed by atoms with E-state index in [1.165, 1.54) is 7.11 Å². The molecule has 20 heavy (non-hydrogen) atoms. The summed E-state index contributed by atoms with van der Waals surface area (Å²) in [6.07, 6.45) is 5.86. The van der Waals surface area contributed by atoms with Gasteiger partial charge < -0.3 is 9.16 Å². The highest BCUT2D eigenvalue weighted by molar-refractivity contribution is 6.70. The van der Waals surface area contributed by atoms with Crippen LogP contribution in [-0.4, -0.2) is 21.4 Å². The number of benzene rings is 1. The van der Waals surface area contributed by atoms with Crippen LogP contribution in [0.2, 0.25) is 19.6 Å². The van der Waals surface area contributed by atoms with Gasteiger partial charge in [0.1, 0.15) is 0 Å². The molecule has 0 radical (unpaired) electrons. The summed E-state index contributed by atoms with van der Waals surface area (Å²) in [5.74, 6) is 0.452. The van der Waals surface area contributed by atoms with Crippen LogP contribution in [0.4, 0.5) is 0 Å². The predicted octanol–water partition coefficient (Wildman–Crippen LogP) is 4.00. The molecule has 0 aliphatic rings. The number of carbonyl (C=O) groups is 1. The van der Waals surface area contributed by atoms with Gasteiger partial charge in [0.25, 0.3) is 0 Å². The van der Waals surface area contributed by atoms with E-state index >= 15 is 0 Å². The van der Waals surface area contributed by atoms with Crippen molar-refractivity contribution in [1.82, 2.24) is 0 Å². The second-order valence-electron chi connectivity index (χ2n) is 5.35. The zero-order chi connectivity index (χ0) is 15.0. The van der Waals surface area contributed by atoms with Gasteiger partial charge >= 0.3 is 5.97 Å². The molecule has 4 heteroatoms. The van der Waals surface area contributed by atoms with E-state index in [2.05, 4.69) is 24.4 Å². The predicted molar refractivity (Wildman–Crippen MR) is 84.6 cm³/mol. The van der Waals surface area contributed by atoms with Crippen molar-refractivity contribution in [1.29, 1.82) is 0 Å². The van der Waals surface area contributed by atoms with Crippen LogP contribution in [0.5, 0.6) is 0 Å². The number of hydrogen-bond donors (Lipinski definition) is 0. The normalized spacial score (nSPS) is 12.5. The molecular formula is C16H22O3Si. The summed E-state index contributed by atoms with van der Waals surface area (Å²) in [6.45, 7) is 6.32. The van der Waals surface area contributed by atoms with E-state index in [-0.39, 0.29) is 12.4 Å². The quantitative estimate of drug-likeness (QED) is 0.344. The van der Waals surface area contributed by atoms with Gasteiger partial charge in [0.15, 0.2) is 0 Å². The van der Waals surface area contributed by atoms with E-state index in [9.17, 15) is 4.79 Å². The number of ether oxygens (including phenoxy) is 1. The van der Waals surface area contributed by atoms with Crippen molar-refractivity contribution < 1.29 is 14.0 Å². The van der Waals surface area contributed by atoms with Gasteiger partial charge in [-0.25, -0.2) is 0 Å². The number of carbonyl (C=O) groups excluding carboxylic acids is 1. The fourth-order valence-electron chi connectivity index (χ4n) is 1.51. The monoisotopic (exact) mass is 290 g/mol. The van der Waals surface area contributed by atoms with Gasteiger partial charge in [-0.3, -0.25) is 4.79 Å². The van der Waals surface area contributed by atoms with Crippen molar-refractivity contribution in [2.45, 2.75) is 26.1 Å². The van der Waals surface area contributed by atoms with Gasteiger partial charge in [0, 0.05) is 0 Å². The molecule has 3 nitrogen and oxygen atoms in total. The number of esters is 1. The number of rotatable bonds is 6. The summed E-state index contributed by atoms with van der Waals surface area (Å²) in [7, 11) is -0.328. The summed E-state index contributed by atoms with van der Waals surface area (Å²) >= 11 is 0. The molecule has 0 amide bonds. The molecule has 0 saturated heterocycles. The summed E-state index contributed by atoms with van der Waals surface area (Å²) in [4.78, 5) is 11.2. The van der Waals surface area contributed by atoms with E-state index in [1.54, 1.807) is 6.08 Å². The summed E-state index contributed by atoms with van der Waals surface area (Å²) in [5, 5.41) is 0. The molecule has 0 aliphatic carbocycles. The highest BCUT2D eigenvalue weighted by atomic mass is 28.4. The van der Waals surface area contributed by atoms with Gasteiger partial charge in [0.05, 0.1) is 19.3 Å². The summed E-state index contributed by atoms with van der Waals surface area (Å²) in [6, 6.07) is 9.98. The molecule has 0 heterocycles. The van der Waals surface area contributed by atoms with Gasteiger partial charge in [-0.1, -0.05) is 36.4 Å². The molecule has 0 saturated carbocycles. The van der Waals surface area contributed by atoms with Gasteiger partial charge in [-0.05, 0) is 37.4 Å². The van der Waals surface area contributed by atoms with Crippen LogP contribution in [0.3, 0.4) is 0 Å². The average molecular weight is 290 g/mol. The van der Waals surface area contributed by atoms with E-state index < -0.39 is 8.32 Å². The molecule has 0 atom stereocenters. The first-order valence-electron chi connectivity index (χ1n) is 6.60. The Bertz CT molecular complexity index is 484. The minimum absolute atomic E-state index is 0.218. The molecule has 0 unspecified atom stereocenters. The van der Waals surface area contributed by atoms with Crippen molar-refractivity contribution in [3.05, 3.63) is 53.8 Å². The highest BCUT2D eigenvalue weighted by Gasteiger charge is 2.16. The first kappa shape index (κ1) is 16.2. The molecule has 0 spiro atoms. The Morgan fingerprint density at radius 2 is 1.85 bits per heavy atom. The van der Waals surface area contributed by atoms with E-state index in [0.717, 1.165) is 11.3 Å². The van der Waals surface area contributed by atoms with Crippen LogP contribution in [0.1, 0.15) is 12.0 Å². The van der Waals surface area contributed by atoms with Gasteiger partial charge in [0.2, 0.25) is 8.32 Å². The first-order chi connectivity index (χ1) is 9.40. The minimum Gasteiger partial charge on any atom is -0.545 e. The lowest BCUT2D eigenvalue weighted by atomic mass is 10.2. The zero-order valence-corrected chi connectivity index (χ0v) is 13.6. The van der Waals surface area contributed by atoms with Crippen LogP contribution in [0, 0.1) is 0 Å². The zero-order valence-electron chi connectivity index (χ0n) is 12.6. The minimum atomic E-state index is -1.71. The second-order valence-corrected chi connectivity index (χ2v) is 9.77. The maximum absolute atomic E-state index is 11.2. The average Bonchev–Trinajstić information content (AvgIpc) is 2.41. The Morgan fingerprint density at radius 3 is 2.40 bits per heavy atom. The molecule has 0 bridgehead atoms. The number of methoxy groups -OCH3 is 1. The molecule has 0 aromatic heterocycles. The van der Waals surface area contributed by atoms with Crippen LogP contribution in [0.25, 0.3) is 6.08 Å². The third-order valence-corrected chi connectivity index (χ3v) is 3.21. The van der Waals surface area contributed by atoms with Crippen molar-refractivity contribution in [3.8, 4) is 0 Å². The number of hydrogen-bond acceptors (Lipinski definition) is 3. The second kappa shape index (κ2) is 7.70. The molecular weight excluding hydrogens is 268 g/mol. The van der Waals surface area contributed by atoms with E-state index in [1.807, 2.05) is 42.5 Å². The molecule has 0 aliphatic heterocycles. The largest absolute Gasteiger partial charge is 0.545 e. The lowest BCUT2D eigenvalue weighted by molar-refractivity contribution is -0.139. The van der Waals surface area contributed by atoms with Crippen molar-refractivity contribution in [3.63, 3.8) is 0 Å². The van der Waals surface area contributed by atoms with E-state index in [0.29, 0.717) is 0 Å². The standard InChI is InChI=1S/C16H22O3Si/c1-18-16(17)13-12-15(19-20(2,3)4)11-10-14-8-6-5-7-9-14/h5-12H,13H2,1-4H3/b11-10+,15-12-. The maximum atomic E-state index is 11.2. The highest BCUT2D eigenvalue weighted by Crippen LogP contribution is 2.14. The Hall–Kier alpha value is -1.81. The summed E-state index contributed by atoms with van der Waals surface area (Å²) < 4.78 is 10.6. The van der Waals surface area contributed by atoms with Crippen molar-refractivity contribution >= 4 is 20.4 Å². The van der Waals surface area contributed by atoms with Gasteiger partial charge in [-0.15, -0.1) is 0 Å². The number of allylic oxidation sites excluding steroid dienone is 1. The topological polar surface area (TPSA) is 35.5 Å². The lowest BCUT2D eigenvalue weighted by Gasteiger charge is -2.20. The Balaban J connectivity index is 2.82. The third kappa shape index (κ3) is 6.94. The third-order valence-electron chi connectivity index (χ3n) is 2.36. The van der Waals surface area contributed by atoms with Crippen molar-refractivity contribution in [2.24, 2.45) is 0 Å². The smallest absolute Gasteiger partial charge is 0.309 e. The molecule has 108 valence electrons. The van der Waals surface area contributed by atoms with Crippen LogP contribution < -0.4 is 0 Å². The molecule has 0 N–H and O–H groups in total. The SMILES string of the molecule is COC(=O)C/C=C(/C=C/c1ccccc1)O[Si](C)(C)C. The maximum Gasteiger partial charge on any atom is 0.309 e. The molecule has 1 aromatic rings. The molecule has 1 aromatic carbocycles. The fourth-order valence-corrected chi connectivity index (χ4v) is 2.37. The van der Waals surface area contributed by atoms with Gasteiger partial charge in [-0.2, -0.15) is 0 Å². The van der Waals surface area contributed by atoms with E-state index in [4.69, 9.17) is 4.43 Å². The Kier molecular flexibility index (Phi) is 6.25. The van der Waals surface area contributed by atoms with Crippen molar-refractivity contribution in [2.75, 3.05) is 7.11 Å². The Labute approximate surface area is 122 Å². The van der Waals surface area contributed by atoms with Crippen LogP contribution >= 0.6 is 0 Å². The fraction of sp³-hybridized carbons (Fsp3) is 0.312. The molecule has 1 rings (SSSR count). The van der Waals surface area contributed by atoms with Crippen LogP contribution in [-0.2, 0) is 14.0 Å². The summed E-state index contributed by atoms with van der Waals surface area (Å²) in [5.41, 5.74) is 1.09. The van der Waals surface area contributed by atoms with Crippen LogP contribution in [0.15, 0.2) is 48.2 Å².